The van der Waals surface area contributed by atoms with Gasteiger partial charge in [0.2, 0.25) is 0 Å². The van der Waals surface area contributed by atoms with Gasteiger partial charge in [0.25, 0.3) is 0 Å². The zero-order chi connectivity index (χ0) is 13.5. The molecule has 0 saturated carbocycles. The first-order valence-corrected chi connectivity index (χ1v) is 6.45. The molecule has 3 aromatic rings. The summed E-state index contributed by atoms with van der Waals surface area (Å²) < 4.78 is 12.9. The Labute approximate surface area is 118 Å². The molecule has 0 bridgehead atoms. The number of nitrogens with zero attached hydrogens (tertiary/aromatic N) is 4. The molecular weight excluding hydrogens is 280 g/mol. The maximum Gasteiger partial charge on any atom is 0.169 e. The highest BCUT2D eigenvalue weighted by molar-refractivity contribution is 6.29. The van der Waals surface area contributed by atoms with Crippen LogP contribution in [-0.2, 0) is 0 Å². The van der Waals surface area contributed by atoms with Crippen LogP contribution < -0.4 is 9.47 Å². The quantitative estimate of drug-likeness (QED) is 0.643. The lowest BCUT2D eigenvalue weighted by molar-refractivity contribution is 0.171. The average molecular weight is 289 g/mol. The van der Waals surface area contributed by atoms with Crippen molar-refractivity contribution in [2.45, 2.75) is 0 Å². The van der Waals surface area contributed by atoms with Gasteiger partial charge in [0.05, 0.1) is 0 Å². The molecule has 0 saturated heterocycles. The van der Waals surface area contributed by atoms with Gasteiger partial charge in [-0.3, -0.25) is 4.40 Å². The first kappa shape index (κ1) is 11.5. The van der Waals surface area contributed by atoms with Crippen molar-refractivity contribution in [1.82, 2.24) is 19.6 Å². The summed E-state index contributed by atoms with van der Waals surface area (Å²) in [5.41, 5.74) is 1.53. The Hall–Kier alpha value is -2.34. The Morgan fingerprint density at radius 3 is 2.80 bits per heavy atom. The van der Waals surface area contributed by atoms with Crippen LogP contribution in [0, 0.1) is 0 Å². The maximum atomic E-state index is 5.84. The van der Waals surface area contributed by atoms with E-state index in [1.807, 2.05) is 18.2 Å². The molecule has 3 heterocycles. The van der Waals surface area contributed by atoms with E-state index in [0.717, 1.165) is 11.3 Å². The Kier molecular flexibility index (Phi) is 2.50. The molecular formula is C13H9ClN4O2. The van der Waals surface area contributed by atoms with Gasteiger partial charge in [0.1, 0.15) is 24.7 Å². The van der Waals surface area contributed by atoms with E-state index >= 15 is 0 Å². The highest BCUT2D eigenvalue weighted by Crippen LogP contribution is 2.34. The Balaban J connectivity index is 1.86. The van der Waals surface area contributed by atoms with Crippen molar-refractivity contribution < 1.29 is 9.47 Å². The summed E-state index contributed by atoms with van der Waals surface area (Å²) in [6.45, 7) is 1.12. The SMILES string of the molecule is Clc1cc2nnc(-c3ccc4c(c3)OCCO4)n2cn1. The number of halogens is 1. The third-order valence-corrected chi connectivity index (χ3v) is 3.27. The molecule has 0 N–H and O–H groups in total. The number of rotatable bonds is 1. The fraction of sp³-hybridized carbons (Fsp3) is 0.154. The number of benzene rings is 1. The fourth-order valence-electron chi connectivity index (χ4n) is 2.15. The van der Waals surface area contributed by atoms with Crippen molar-refractivity contribution >= 4 is 17.2 Å². The van der Waals surface area contributed by atoms with Gasteiger partial charge < -0.3 is 9.47 Å². The summed E-state index contributed by atoms with van der Waals surface area (Å²) in [6, 6.07) is 7.34. The van der Waals surface area contributed by atoms with E-state index in [1.54, 1.807) is 16.8 Å². The van der Waals surface area contributed by atoms with Gasteiger partial charge in [0, 0.05) is 11.6 Å². The van der Waals surface area contributed by atoms with E-state index in [0.29, 0.717) is 35.6 Å². The van der Waals surface area contributed by atoms with Gasteiger partial charge >= 0.3 is 0 Å². The normalized spacial score (nSPS) is 13.7. The van der Waals surface area contributed by atoms with Crippen LogP contribution in [-0.4, -0.2) is 32.8 Å². The van der Waals surface area contributed by atoms with Crippen LogP contribution in [0.15, 0.2) is 30.6 Å². The monoisotopic (exact) mass is 288 g/mol. The van der Waals surface area contributed by atoms with E-state index in [1.165, 1.54) is 0 Å². The lowest BCUT2D eigenvalue weighted by Crippen LogP contribution is -2.15. The number of fused-ring (bicyclic) bond motifs is 2. The molecule has 1 aromatic carbocycles. The molecule has 2 aromatic heterocycles. The van der Waals surface area contributed by atoms with Crippen LogP contribution in [0.2, 0.25) is 5.15 Å². The van der Waals surface area contributed by atoms with E-state index in [-0.39, 0.29) is 0 Å². The minimum Gasteiger partial charge on any atom is -0.486 e. The second-order valence-corrected chi connectivity index (χ2v) is 4.71. The standard InChI is InChI=1S/C13H9ClN4O2/c14-11-6-12-16-17-13(18(12)7-15-11)8-1-2-9-10(5-8)20-4-3-19-9/h1-2,5-7H,3-4H2. The molecule has 0 aliphatic carbocycles. The number of ether oxygens (including phenoxy) is 2. The summed E-state index contributed by atoms with van der Waals surface area (Å²) in [7, 11) is 0. The first-order valence-electron chi connectivity index (χ1n) is 6.07. The Bertz CT molecular complexity index is 802. The van der Waals surface area contributed by atoms with Gasteiger partial charge in [-0.25, -0.2) is 4.98 Å². The molecule has 1 aliphatic rings. The minimum absolute atomic E-state index is 0.388. The molecule has 0 spiro atoms. The van der Waals surface area contributed by atoms with Crippen molar-refractivity contribution in [3.05, 3.63) is 35.7 Å². The topological polar surface area (TPSA) is 61.5 Å². The Morgan fingerprint density at radius 1 is 1.05 bits per heavy atom. The zero-order valence-corrected chi connectivity index (χ0v) is 11.0. The molecule has 7 heteroatoms. The molecule has 0 atom stereocenters. The van der Waals surface area contributed by atoms with Gasteiger partial charge in [-0.2, -0.15) is 0 Å². The molecule has 0 amide bonds. The molecule has 0 radical (unpaired) electrons. The third-order valence-electron chi connectivity index (χ3n) is 3.07. The van der Waals surface area contributed by atoms with Crippen LogP contribution in [0.4, 0.5) is 0 Å². The lowest BCUT2D eigenvalue weighted by atomic mass is 10.2. The molecule has 0 unspecified atom stereocenters. The lowest BCUT2D eigenvalue weighted by Gasteiger charge is -2.18. The summed E-state index contributed by atoms with van der Waals surface area (Å²) in [5, 5.41) is 8.65. The first-order chi connectivity index (χ1) is 9.81. The number of aromatic nitrogens is 4. The summed E-state index contributed by atoms with van der Waals surface area (Å²) in [4.78, 5) is 4.05. The summed E-state index contributed by atoms with van der Waals surface area (Å²) >= 11 is 5.84. The summed E-state index contributed by atoms with van der Waals surface area (Å²) in [6.07, 6.45) is 1.60. The number of hydrogen-bond donors (Lipinski definition) is 0. The fourth-order valence-corrected chi connectivity index (χ4v) is 2.29. The van der Waals surface area contributed by atoms with Crippen LogP contribution in [0.25, 0.3) is 17.0 Å². The van der Waals surface area contributed by atoms with Crippen LogP contribution in [0.3, 0.4) is 0 Å². The van der Waals surface area contributed by atoms with Crippen LogP contribution in [0.5, 0.6) is 11.5 Å². The van der Waals surface area contributed by atoms with E-state index < -0.39 is 0 Å². The van der Waals surface area contributed by atoms with Gasteiger partial charge in [-0.15, -0.1) is 10.2 Å². The van der Waals surface area contributed by atoms with E-state index in [9.17, 15) is 0 Å². The number of hydrogen-bond acceptors (Lipinski definition) is 5. The molecule has 6 nitrogen and oxygen atoms in total. The van der Waals surface area contributed by atoms with Crippen molar-refractivity contribution in [3.8, 4) is 22.9 Å². The zero-order valence-electron chi connectivity index (χ0n) is 10.3. The van der Waals surface area contributed by atoms with Crippen molar-refractivity contribution in [1.29, 1.82) is 0 Å². The Morgan fingerprint density at radius 2 is 1.90 bits per heavy atom. The van der Waals surface area contributed by atoms with Crippen LogP contribution >= 0.6 is 11.6 Å². The third kappa shape index (κ3) is 1.77. The molecule has 1 aliphatic heterocycles. The van der Waals surface area contributed by atoms with E-state index in [2.05, 4.69) is 15.2 Å². The highest BCUT2D eigenvalue weighted by Gasteiger charge is 2.15. The van der Waals surface area contributed by atoms with E-state index in [4.69, 9.17) is 21.1 Å². The smallest absolute Gasteiger partial charge is 0.169 e. The second-order valence-electron chi connectivity index (χ2n) is 4.32. The summed E-state index contributed by atoms with van der Waals surface area (Å²) in [5.74, 6) is 2.14. The predicted octanol–water partition coefficient (Wildman–Crippen LogP) is 2.22. The highest BCUT2D eigenvalue weighted by atomic mass is 35.5. The van der Waals surface area contributed by atoms with Crippen molar-refractivity contribution in [2.24, 2.45) is 0 Å². The van der Waals surface area contributed by atoms with Gasteiger partial charge in [-0.05, 0) is 18.2 Å². The predicted molar refractivity (Wildman–Crippen MR) is 72.2 cm³/mol. The molecule has 20 heavy (non-hydrogen) atoms. The largest absolute Gasteiger partial charge is 0.486 e. The van der Waals surface area contributed by atoms with Crippen molar-refractivity contribution in [3.63, 3.8) is 0 Å². The van der Waals surface area contributed by atoms with Gasteiger partial charge in [0.15, 0.2) is 23.0 Å². The average Bonchev–Trinajstić information content (AvgIpc) is 2.89. The second kappa shape index (κ2) is 4.35. The molecule has 100 valence electrons. The van der Waals surface area contributed by atoms with Crippen LogP contribution in [0.1, 0.15) is 0 Å². The van der Waals surface area contributed by atoms with Gasteiger partial charge in [-0.1, -0.05) is 11.6 Å². The molecule has 4 rings (SSSR count). The van der Waals surface area contributed by atoms with Crippen molar-refractivity contribution in [2.75, 3.05) is 13.2 Å². The minimum atomic E-state index is 0.388. The molecule has 0 fully saturated rings. The maximum absolute atomic E-state index is 5.84.